The Morgan fingerprint density at radius 2 is 1.95 bits per heavy atom. The van der Waals surface area contributed by atoms with Crippen LogP contribution in [0, 0.1) is 5.92 Å². The molecular weight excluding hydrogens is 272 g/mol. The average Bonchev–Trinajstić information content (AvgIpc) is 3.08. The second-order valence-electron chi connectivity index (χ2n) is 4.44. The lowest BCUT2D eigenvalue weighted by Gasteiger charge is -2.23. The first-order valence-corrected chi connectivity index (χ1v) is 5.63. The summed E-state index contributed by atoms with van der Waals surface area (Å²) in [6.07, 6.45) is -2.23. The van der Waals surface area contributed by atoms with Gasteiger partial charge in [0.05, 0.1) is 6.54 Å². The maximum Gasteiger partial charge on any atom is 0.324 e. The highest BCUT2D eigenvalue weighted by atomic mass is 19.3. The molecule has 0 unspecified atom stereocenters. The predicted molar refractivity (Wildman–Crippen MR) is 56.3 cm³/mol. The molecule has 0 atom stereocenters. The van der Waals surface area contributed by atoms with E-state index in [1.165, 1.54) is 0 Å². The number of carboxylic acids is 1. The number of nitrogens with zero attached hydrogens (tertiary/aromatic N) is 1. The molecule has 0 spiro atoms. The molecule has 1 rings (SSSR count). The first kappa shape index (κ1) is 15.5. The van der Waals surface area contributed by atoms with Gasteiger partial charge in [-0.1, -0.05) is 0 Å². The molecule has 9 heteroatoms. The van der Waals surface area contributed by atoms with Crippen molar-refractivity contribution in [3.63, 3.8) is 0 Å². The van der Waals surface area contributed by atoms with Crippen LogP contribution in [-0.2, 0) is 4.79 Å². The second-order valence-corrected chi connectivity index (χ2v) is 4.44. The third-order valence-electron chi connectivity index (χ3n) is 2.58. The largest absolute Gasteiger partial charge is 0.480 e. The predicted octanol–water partition coefficient (Wildman–Crippen LogP) is 1.39. The Balaban J connectivity index is 2.48. The van der Waals surface area contributed by atoms with Gasteiger partial charge in [-0.3, -0.25) is 4.79 Å². The van der Waals surface area contributed by atoms with E-state index >= 15 is 0 Å². The van der Waals surface area contributed by atoms with Crippen LogP contribution in [0.1, 0.15) is 12.8 Å². The molecule has 1 saturated carbocycles. The third kappa shape index (κ3) is 5.31. The number of urea groups is 1. The van der Waals surface area contributed by atoms with Crippen molar-refractivity contribution in [2.24, 2.45) is 5.92 Å². The Bertz CT molecular complexity index is 348. The smallest absolute Gasteiger partial charge is 0.324 e. The van der Waals surface area contributed by atoms with Crippen molar-refractivity contribution < 1.29 is 32.3 Å². The highest BCUT2D eigenvalue weighted by molar-refractivity contribution is 5.80. The van der Waals surface area contributed by atoms with Crippen LogP contribution in [0.4, 0.5) is 22.4 Å². The van der Waals surface area contributed by atoms with Gasteiger partial charge in [-0.05, 0) is 18.8 Å². The van der Waals surface area contributed by atoms with E-state index in [0.717, 1.165) is 17.7 Å². The molecule has 0 bridgehead atoms. The Hall–Kier alpha value is -1.54. The zero-order chi connectivity index (χ0) is 14.6. The number of rotatable bonds is 7. The number of carboxylic acid groups (broad SMARTS) is 1. The fourth-order valence-corrected chi connectivity index (χ4v) is 1.38. The zero-order valence-corrected chi connectivity index (χ0v) is 9.91. The molecule has 1 aliphatic rings. The number of alkyl halides is 4. The van der Waals surface area contributed by atoms with Crippen molar-refractivity contribution in [3.05, 3.63) is 0 Å². The van der Waals surface area contributed by atoms with E-state index in [9.17, 15) is 27.2 Å². The summed E-state index contributed by atoms with van der Waals surface area (Å²) < 4.78 is 49.0. The highest BCUT2D eigenvalue weighted by Gasteiger charge is 2.41. The highest BCUT2D eigenvalue weighted by Crippen LogP contribution is 2.29. The lowest BCUT2D eigenvalue weighted by molar-refractivity contribution is -0.137. The molecule has 0 saturated heterocycles. The summed E-state index contributed by atoms with van der Waals surface area (Å²) >= 11 is 0. The van der Waals surface area contributed by atoms with Gasteiger partial charge < -0.3 is 15.3 Å². The first-order chi connectivity index (χ1) is 8.72. The van der Waals surface area contributed by atoms with E-state index in [4.69, 9.17) is 5.11 Å². The Morgan fingerprint density at radius 1 is 1.37 bits per heavy atom. The van der Waals surface area contributed by atoms with Gasteiger partial charge in [0, 0.05) is 6.54 Å². The van der Waals surface area contributed by atoms with E-state index in [-0.39, 0.29) is 12.5 Å². The molecule has 0 aliphatic heterocycles. The summed E-state index contributed by atoms with van der Waals surface area (Å²) in [7, 11) is 0. The first-order valence-electron chi connectivity index (χ1n) is 5.63. The Labute approximate surface area is 106 Å². The SMILES string of the molecule is O=C(O)CN(CC1CC1)C(=O)NCC(F)(F)C(F)F. The monoisotopic (exact) mass is 286 g/mol. The van der Waals surface area contributed by atoms with Crippen molar-refractivity contribution in [2.75, 3.05) is 19.6 Å². The van der Waals surface area contributed by atoms with Crippen LogP contribution < -0.4 is 5.32 Å². The molecule has 0 radical (unpaired) electrons. The second kappa shape index (κ2) is 6.07. The molecule has 1 fully saturated rings. The van der Waals surface area contributed by atoms with Crippen molar-refractivity contribution in [3.8, 4) is 0 Å². The van der Waals surface area contributed by atoms with Crippen LogP contribution in [0.3, 0.4) is 0 Å². The van der Waals surface area contributed by atoms with E-state index < -0.39 is 37.4 Å². The van der Waals surface area contributed by atoms with Crippen LogP contribution in [-0.4, -0.2) is 54.0 Å². The minimum atomic E-state index is -4.33. The third-order valence-corrected chi connectivity index (χ3v) is 2.58. The molecule has 0 aromatic carbocycles. The molecule has 0 heterocycles. The van der Waals surface area contributed by atoms with Crippen molar-refractivity contribution >= 4 is 12.0 Å². The minimum Gasteiger partial charge on any atom is -0.480 e. The van der Waals surface area contributed by atoms with Crippen LogP contribution in [0.25, 0.3) is 0 Å². The molecule has 1 aliphatic carbocycles. The summed E-state index contributed by atoms with van der Waals surface area (Å²) in [5.74, 6) is -5.47. The molecule has 0 aromatic rings. The molecule has 2 N–H and O–H groups in total. The van der Waals surface area contributed by atoms with E-state index in [2.05, 4.69) is 0 Å². The number of carbonyl (C=O) groups is 2. The fraction of sp³-hybridized carbons (Fsp3) is 0.800. The maximum atomic E-state index is 12.6. The van der Waals surface area contributed by atoms with Crippen LogP contribution >= 0.6 is 0 Å². The van der Waals surface area contributed by atoms with Crippen LogP contribution in [0.15, 0.2) is 0 Å². The van der Waals surface area contributed by atoms with Crippen molar-refractivity contribution in [1.29, 1.82) is 0 Å². The van der Waals surface area contributed by atoms with Gasteiger partial charge in [-0.25, -0.2) is 13.6 Å². The maximum absolute atomic E-state index is 12.6. The van der Waals surface area contributed by atoms with Gasteiger partial charge in [0.2, 0.25) is 0 Å². The summed E-state index contributed by atoms with van der Waals surface area (Å²) in [5.41, 5.74) is 0. The van der Waals surface area contributed by atoms with Crippen molar-refractivity contribution in [2.45, 2.75) is 25.2 Å². The topological polar surface area (TPSA) is 69.6 Å². The van der Waals surface area contributed by atoms with Crippen LogP contribution in [0.2, 0.25) is 0 Å². The fourth-order valence-electron chi connectivity index (χ4n) is 1.38. The molecule has 19 heavy (non-hydrogen) atoms. The van der Waals surface area contributed by atoms with Gasteiger partial charge in [-0.2, -0.15) is 8.78 Å². The quantitative estimate of drug-likeness (QED) is 0.695. The summed E-state index contributed by atoms with van der Waals surface area (Å²) in [4.78, 5) is 22.9. The normalized spacial score (nSPS) is 15.4. The molecule has 0 aromatic heterocycles. The van der Waals surface area contributed by atoms with Crippen molar-refractivity contribution in [1.82, 2.24) is 10.2 Å². The Morgan fingerprint density at radius 3 is 2.37 bits per heavy atom. The van der Waals surface area contributed by atoms with Gasteiger partial charge in [0.25, 0.3) is 0 Å². The van der Waals surface area contributed by atoms with Gasteiger partial charge in [0.15, 0.2) is 0 Å². The van der Waals surface area contributed by atoms with Gasteiger partial charge in [-0.15, -0.1) is 0 Å². The summed E-state index contributed by atoms with van der Waals surface area (Å²) in [5, 5.41) is 10.2. The van der Waals surface area contributed by atoms with Gasteiger partial charge in [0.1, 0.15) is 6.54 Å². The molecular formula is C10H14F4N2O3. The number of aliphatic carboxylic acids is 1. The number of hydrogen-bond acceptors (Lipinski definition) is 2. The van der Waals surface area contributed by atoms with E-state index in [1.54, 1.807) is 5.32 Å². The number of halogens is 4. The van der Waals surface area contributed by atoms with Gasteiger partial charge >= 0.3 is 24.3 Å². The number of amides is 2. The molecule has 2 amide bonds. The average molecular weight is 286 g/mol. The number of carbonyl (C=O) groups excluding carboxylic acids is 1. The molecule has 110 valence electrons. The summed E-state index contributed by atoms with van der Waals surface area (Å²) in [6, 6.07) is -1.07. The molecule has 5 nitrogen and oxygen atoms in total. The zero-order valence-electron chi connectivity index (χ0n) is 9.91. The van der Waals surface area contributed by atoms with Crippen LogP contribution in [0.5, 0.6) is 0 Å². The van der Waals surface area contributed by atoms with E-state index in [1.807, 2.05) is 0 Å². The standard InChI is InChI=1S/C10H14F4N2O3/c11-8(12)10(13,14)5-15-9(19)16(4-7(17)18)3-6-1-2-6/h6,8H,1-5H2,(H,15,19)(H,17,18). The lowest BCUT2D eigenvalue weighted by Crippen LogP contribution is -2.48. The number of nitrogens with one attached hydrogen (secondary N) is 1. The Kier molecular flexibility index (Phi) is 4.96. The summed E-state index contributed by atoms with van der Waals surface area (Å²) in [6.45, 7) is -2.05. The van der Waals surface area contributed by atoms with E-state index in [0.29, 0.717) is 0 Å². The minimum absolute atomic E-state index is 0.123. The lowest BCUT2D eigenvalue weighted by atomic mass is 10.3. The number of hydrogen-bond donors (Lipinski definition) is 2.